The molecular weight excluding hydrogens is 365 g/mol. The molecule has 1 aromatic carbocycles. The molecule has 1 aliphatic rings. The average Bonchev–Trinajstić information content (AvgIpc) is 2.66. The van der Waals surface area contributed by atoms with Gasteiger partial charge in [0.05, 0.1) is 10.5 Å². The molecule has 1 saturated heterocycles. The molecule has 0 radical (unpaired) electrons. The van der Waals surface area contributed by atoms with Gasteiger partial charge < -0.3 is 9.64 Å². The lowest BCUT2D eigenvalue weighted by Crippen LogP contribution is -2.31. The van der Waals surface area contributed by atoms with E-state index in [1.807, 2.05) is 0 Å². The first kappa shape index (κ1) is 18.9. The van der Waals surface area contributed by atoms with Gasteiger partial charge in [-0.1, -0.05) is 12.1 Å². The number of anilines is 1. The minimum atomic E-state index is -4.47. The predicted octanol–water partition coefficient (Wildman–Crippen LogP) is 3.97. The monoisotopic (exact) mass is 382 g/mol. The van der Waals surface area contributed by atoms with Crippen molar-refractivity contribution in [2.24, 2.45) is 0 Å². The summed E-state index contributed by atoms with van der Waals surface area (Å²) < 4.78 is 43.8. The van der Waals surface area contributed by atoms with E-state index in [0.29, 0.717) is 13.1 Å². The van der Waals surface area contributed by atoms with E-state index in [1.165, 1.54) is 18.5 Å². The molecule has 0 N–H and O–H groups in total. The molecule has 27 heavy (non-hydrogen) atoms. The smallest absolute Gasteiger partial charge is 0.416 e. The lowest BCUT2D eigenvalue weighted by Gasteiger charge is -2.27. The summed E-state index contributed by atoms with van der Waals surface area (Å²) in [5.41, 5.74) is -0.946. The highest BCUT2D eigenvalue weighted by molar-refractivity contribution is 5.62. The second-order valence-corrected chi connectivity index (χ2v) is 6.14. The van der Waals surface area contributed by atoms with Crippen LogP contribution in [-0.4, -0.2) is 28.0 Å². The maximum absolute atomic E-state index is 12.8. The van der Waals surface area contributed by atoms with Crippen LogP contribution in [0.4, 0.5) is 24.7 Å². The third kappa shape index (κ3) is 4.44. The van der Waals surface area contributed by atoms with Crippen LogP contribution in [0.2, 0.25) is 0 Å². The summed E-state index contributed by atoms with van der Waals surface area (Å²) in [6, 6.07) is 4.60. The molecule has 0 aliphatic carbocycles. The second-order valence-electron chi connectivity index (χ2n) is 6.14. The topological polar surface area (TPSA) is 81.4 Å². The molecular formula is C17H17F3N4O3. The van der Waals surface area contributed by atoms with Crippen molar-refractivity contribution in [3.05, 3.63) is 51.8 Å². The Morgan fingerprint density at radius 2 is 1.93 bits per heavy atom. The van der Waals surface area contributed by atoms with E-state index in [0.717, 1.165) is 31.4 Å². The van der Waals surface area contributed by atoms with Crippen molar-refractivity contribution in [3.63, 3.8) is 0 Å². The molecule has 1 aromatic heterocycles. The number of hydrogen-bond donors (Lipinski definition) is 0. The first-order chi connectivity index (χ1) is 12.9. The standard InChI is InChI=1S/C17H17F3N4O3/c18-17(19,20)13-6-4-5-12(9-13)10-27-16-14(24(25)26)15(21-11-22-16)23-7-2-1-3-8-23/h4-6,9,11H,1-3,7-8,10H2. The van der Waals surface area contributed by atoms with Crippen molar-refractivity contribution in [2.75, 3.05) is 18.0 Å². The number of benzene rings is 1. The minimum Gasteiger partial charge on any atom is -0.468 e. The fourth-order valence-corrected chi connectivity index (χ4v) is 2.95. The molecule has 0 amide bonds. The van der Waals surface area contributed by atoms with Crippen LogP contribution in [-0.2, 0) is 12.8 Å². The molecule has 0 unspecified atom stereocenters. The number of rotatable bonds is 5. The maximum atomic E-state index is 12.8. The van der Waals surface area contributed by atoms with E-state index < -0.39 is 16.7 Å². The van der Waals surface area contributed by atoms with Crippen LogP contribution >= 0.6 is 0 Å². The molecule has 1 aliphatic heterocycles. The zero-order valence-corrected chi connectivity index (χ0v) is 14.3. The van der Waals surface area contributed by atoms with Crippen molar-refractivity contribution in [1.29, 1.82) is 0 Å². The Balaban J connectivity index is 1.84. The highest BCUT2D eigenvalue weighted by Crippen LogP contribution is 2.35. The van der Waals surface area contributed by atoms with Crippen LogP contribution in [0, 0.1) is 10.1 Å². The average molecular weight is 382 g/mol. The largest absolute Gasteiger partial charge is 0.468 e. The number of alkyl halides is 3. The van der Waals surface area contributed by atoms with Gasteiger partial charge in [0.25, 0.3) is 5.88 Å². The Morgan fingerprint density at radius 3 is 2.59 bits per heavy atom. The highest BCUT2D eigenvalue weighted by Gasteiger charge is 2.31. The van der Waals surface area contributed by atoms with Crippen LogP contribution in [0.1, 0.15) is 30.4 Å². The van der Waals surface area contributed by atoms with Crippen LogP contribution in [0.3, 0.4) is 0 Å². The van der Waals surface area contributed by atoms with Crippen molar-refractivity contribution < 1.29 is 22.8 Å². The van der Waals surface area contributed by atoms with Crippen molar-refractivity contribution in [1.82, 2.24) is 9.97 Å². The third-order valence-electron chi connectivity index (χ3n) is 4.24. The number of aromatic nitrogens is 2. The van der Waals surface area contributed by atoms with Crippen molar-refractivity contribution in [3.8, 4) is 5.88 Å². The summed E-state index contributed by atoms with van der Waals surface area (Å²) in [5, 5.41) is 11.6. The van der Waals surface area contributed by atoms with Crippen LogP contribution in [0.15, 0.2) is 30.6 Å². The SMILES string of the molecule is O=[N+]([O-])c1c(OCc2cccc(C(F)(F)F)c2)ncnc1N1CCCCC1. The lowest BCUT2D eigenvalue weighted by molar-refractivity contribution is -0.385. The maximum Gasteiger partial charge on any atom is 0.416 e. The number of halogens is 3. The lowest BCUT2D eigenvalue weighted by atomic mass is 10.1. The molecule has 0 bridgehead atoms. The van der Waals surface area contributed by atoms with Gasteiger partial charge in [0.1, 0.15) is 12.9 Å². The first-order valence-electron chi connectivity index (χ1n) is 8.39. The Morgan fingerprint density at radius 1 is 1.19 bits per heavy atom. The molecule has 1 fully saturated rings. The zero-order valence-electron chi connectivity index (χ0n) is 14.3. The van der Waals surface area contributed by atoms with E-state index >= 15 is 0 Å². The third-order valence-corrected chi connectivity index (χ3v) is 4.24. The van der Waals surface area contributed by atoms with Crippen LogP contribution < -0.4 is 9.64 Å². The quantitative estimate of drug-likeness (QED) is 0.575. The van der Waals surface area contributed by atoms with E-state index in [1.54, 1.807) is 4.90 Å². The second kappa shape index (κ2) is 7.77. The summed E-state index contributed by atoms with van der Waals surface area (Å²) in [6.45, 7) is 1.01. The van der Waals surface area contributed by atoms with Gasteiger partial charge in [0.2, 0.25) is 5.82 Å². The van der Waals surface area contributed by atoms with Gasteiger partial charge in [-0.05, 0) is 37.0 Å². The van der Waals surface area contributed by atoms with Gasteiger partial charge >= 0.3 is 11.9 Å². The number of ether oxygens (including phenoxy) is 1. The van der Waals surface area contributed by atoms with Crippen LogP contribution in [0.25, 0.3) is 0 Å². The number of piperidine rings is 1. The highest BCUT2D eigenvalue weighted by atomic mass is 19.4. The van der Waals surface area contributed by atoms with Crippen LogP contribution in [0.5, 0.6) is 5.88 Å². The fourth-order valence-electron chi connectivity index (χ4n) is 2.95. The number of hydrogen-bond acceptors (Lipinski definition) is 6. The molecule has 2 aromatic rings. The van der Waals surface area contributed by atoms with Gasteiger partial charge in [-0.25, -0.2) is 4.98 Å². The Hall–Kier alpha value is -2.91. The predicted molar refractivity (Wildman–Crippen MR) is 90.5 cm³/mol. The minimum absolute atomic E-state index is 0.175. The van der Waals surface area contributed by atoms with E-state index in [9.17, 15) is 23.3 Å². The molecule has 144 valence electrons. The molecule has 10 heteroatoms. The Bertz CT molecular complexity index is 823. The molecule has 2 heterocycles. The van der Waals surface area contributed by atoms with Gasteiger partial charge in [-0.2, -0.15) is 18.2 Å². The van der Waals surface area contributed by atoms with E-state index in [-0.39, 0.29) is 29.6 Å². The summed E-state index contributed by atoms with van der Waals surface area (Å²) in [6.07, 6.45) is -0.450. The molecule has 0 spiro atoms. The van der Waals surface area contributed by atoms with Gasteiger partial charge in [0, 0.05) is 13.1 Å². The summed E-state index contributed by atoms with van der Waals surface area (Å²) in [4.78, 5) is 20.6. The summed E-state index contributed by atoms with van der Waals surface area (Å²) in [7, 11) is 0. The van der Waals surface area contributed by atoms with Gasteiger partial charge in [0.15, 0.2) is 0 Å². The van der Waals surface area contributed by atoms with Crippen molar-refractivity contribution >= 4 is 11.5 Å². The Kier molecular flexibility index (Phi) is 5.43. The van der Waals surface area contributed by atoms with E-state index in [4.69, 9.17) is 4.74 Å². The molecule has 3 rings (SSSR count). The number of nitro groups is 1. The first-order valence-corrected chi connectivity index (χ1v) is 8.39. The van der Waals surface area contributed by atoms with Crippen molar-refractivity contribution in [2.45, 2.75) is 32.0 Å². The summed E-state index contributed by atoms with van der Waals surface area (Å²) >= 11 is 0. The van der Waals surface area contributed by atoms with Gasteiger partial charge in [-0.3, -0.25) is 10.1 Å². The molecule has 0 atom stereocenters. The number of nitrogens with zero attached hydrogens (tertiary/aromatic N) is 4. The molecule has 7 nitrogen and oxygen atoms in total. The van der Waals surface area contributed by atoms with Gasteiger partial charge in [-0.15, -0.1) is 0 Å². The van der Waals surface area contributed by atoms with E-state index in [2.05, 4.69) is 9.97 Å². The molecule has 0 saturated carbocycles. The summed E-state index contributed by atoms with van der Waals surface area (Å²) in [5.74, 6) is -0.0817. The normalized spacial score (nSPS) is 14.9. The fraction of sp³-hybridized carbons (Fsp3) is 0.412. The zero-order chi connectivity index (χ0) is 19.4. The Labute approximate surface area is 152 Å².